The van der Waals surface area contributed by atoms with Crippen LogP contribution in [-0.2, 0) is 15.4 Å². The van der Waals surface area contributed by atoms with Crippen molar-refractivity contribution in [2.75, 3.05) is 10.5 Å². The van der Waals surface area contributed by atoms with Crippen molar-refractivity contribution < 1.29 is 12.8 Å². The van der Waals surface area contributed by atoms with E-state index in [4.69, 9.17) is 5.73 Å². The molecule has 0 atom stereocenters. The number of anilines is 2. The van der Waals surface area contributed by atoms with E-state index < -0.39 is 15.8 Å². The standard InChI is InChI=1S/C16H19FN2O2S/c1-16(2,3)11-4-7-13(8-5-11)22(20,21)19-12-6-9-15(18)14(17)10-12/h4-10,19H,18H2,1-3H3. The molecule has 0 heterocycles. The predicted molar refractivity (Wildman–Crippen MR) is 86.8 cm³/mol. The van der Waals surface area contributed by atoms with E-state index >= 15 is 0 Å². The summed E-state index contributed by atoms with van der Waals surface area (Å²) >= 11 is 0. The topological polar surface area (TPSA) is 72.2 Å². The van der Waals surface area contributed by atoms with Crippen LogP contribution in [0.15, 0.2) is 47.4 Å². The predicted octanol–water partition coefficient (Wildman–Crippen LogP) is 3.51. The van der Waals surface area contributed by atoms with E-state index in [0.717, 1.165) is 11.6 Å². The van der Waals surface area contributed by atoms with E-state index in [9.17, 15) is 12.8 Å². The molecule has 0 aliphatic rings. The fraction of sp³-hybridized carbons (Fsp3) is 0.250. The molecule has 0 radical (unpaired) electrons. The van der Waals surface area contributed by atoms with Gasteiger partial charge in [-0.3, -0.25) is 4.72 Å². The van der Waals surface area contributed by atoms with Crippen LogP contribution in [0.1, 0.15) is 26.3 Å². The minimum atomic E-state index is -3.76. The highest BCUT2D eigenvalue weighted by molar-refractivity contribution is 7.92. The Hall–Kier alpha value is -2.08. The van der Waals surface area contributed by atoms with Crippen molar-refractivity contribution in [3.05, 3.63) is 53.8 Å². The molecule has 0 fully saturated rings. The third kappa shape index (κ3) is 3.57. The lowest BCUT2D eigenvalue weighted by molar-refractivity contribution is 0.587. The second-order valence-corrected chi connectivity index (χ2v) is 7.80. The van der Waals surface area contributed by atoms with Crippen molar-refractivity contribution in [1.29, 1.82) is 0 Å². The Morgan fingerprint density at radius 1 is 1.05 bits per heavy atom. The molecule has 22 heavy (non-hydrogen) atoms. The molecule has 0 amide bonds. The van der Waals surface area contributed by atoms with Crippen molar-refractivity contribution in [2.24, 2.45) is 0 Å². The van der Waals surface area contributed by atoms with Crippen molar-refractivity contribution in [2.45, 2.75) is 31.1 Å². The number of nitrogens with one attached hydrogen (secondary N) is 1. The number of hydrogen-bond acceptors (Lipinski definition) is 3. The maximum absolute atomic E-state index is 13.4. The van der Waals surface area contributed by atoms with Gasteiger partial charge >= 0.3 is 0 Å². The summed E-state index contributed by atoms with van der Waals surface area (Å²) in [6.45, 7) is 6.14. The lowest BCUT2D eigenvalue weighted by Crippen LogP contribution is -2.15. The zero-order valence-corrected chi connectivity index (χ0v) is 13.5. The number of nitrogen functional groups attached to an aromatic ring is 1. The average molecular weight is 322 g/mol. The molecule has 4 nitrogen and oxygen atoms in total. The maximum Gasteiger partial charge on any atom is 0.261 e. The molecule has 118 valence electrons. The fourth-order valence-electron chi connectivity index (χ4n) is 1.94. The van der Waals surface area contributed by atoms with Gasteiger partial charge in [-0.2, -0.15) is 0 Å². The summed E-state index contributed by atoms with van der Waals surface area (Å²) < 4.78 is 40.3. The van der Waals surface area contributed by atoms with Crippen LogP contribution in [-0.4, -0.2) is 8.42 Å². The summed E-state index contributed by atoms with van der Waals surface area (Å²) in [5.41, 5.74) is 6.44. The maximum atomic E-state index is 13.4. The lowest BCUT2D eigenvalue weighted by Gasteiger charge is -2.19. The lowest BCUT2D eigenvalue weighted by atomic mass is 9.87. The molecular formula is C16H19FN2O2S. The van der Waals surface area contributed by atoms with Crippen LogP contribution < -0.4 is 10.5 Å². The van der Waals surface area contributed by atoms with Crippen molar-refractivity contribution in [3.8, 4) is 0 Å². The molecule has 0 saturated carbocycles. The van der Waals surface area contributed by atoms with E-state index in [1.54, 1.807) is 12.1 Å². The quantitative estimate of drug-likeness (QED) is 0.849. The Labute approximate surface area is 130 Å². The van der Waals surface area contributed by atoms with Crippen LogP contribution in [0.3, 0.4) is 0 Å². The number of rotatable bonds is 3. The first-order valence-corrected chi connectivity index (χ1v) is 8.26. The summed E-state index contributed by atoms with van der Waals surface area (Å²) in [5.74, 6) is -0.664. The van der Waals surface area contributed by atoms with Crippen LogP contribution >= 0.6 is 0 Å². The van der Waals surface area contributed by atoms with Gasteiger partial charge in [0.15, 0.2) is 0 Å². The highest BCUT2D eigenvalue weighted by Crippen LogP contribution is 2.25. The number of hydrogen-bond donors (Lipinski definition) is 2. The summed E-state index contributed by atoms with van der Waals surface area (Å²) in [4.78, 5) is 0.123. The first-order valence-electron chi connectivity index (χ1n) is 6.78. The number of sulfonamides is 1. The van der Waals surface area contributed by atoms with E-state index in [0.29, 0.717) is 0 Å². The van der Waals surface area contributed by atoms with Gasteiger partial charge in [-0.25, -0.2) is 12.8 Å². The molecule has 6 heteroatoms. The monoisotopic (exact) mass is 322 g/mol. The molecule has 0 bridgehead atoms. The Balaban J connectivity index is 2.28. The van der Waals surface area contributed by atoms with Crippen LogP contribution in [0.25, 0.3) is 0 Å². The van der Waals surface area contributed by atoms with Crippen LogP contribution in [0, 0.1) is 5.82 Å². The molecule has 0 aromatic heterocycles. The smallest absolute Gasteiger partial charge is 0.261 e. The number of nitrogens with two attached hydrogens (primary N) is 1. The van der Waals surface area contributed by atoms with Crippen molar-refractivity contribution >= 4 is 21.4 Å². The third-order valence-corrected chi connectivity index (χ3v) is 4.68. The highest BCUT2D eigenvalue weighted by Gasteiger charge is 2.18. The Bertz CT molecular complexity index is 779. The van der Waals surface area contributed by atoms with Gasteiger partial charge in [0.1, 0.15) is 5.82 Å². The molecule has 3 N–H and O–H groups in total. The molecule has 2 rings (SSSR count). The molecule has 0 aliphatic heterocycles. The molecular weight excluding hydrogens is 303 g/mol. The Morgan fingerprint density at radius 3 is 2.14 bits per heavy atom. The van der Waals surface area contributed by atoms with Gasteiger partial charge in [0.05, 0.1) is 16.3 Å². The van der Waals surface area contributed by atoms with E-state index in [1.807, 2.05) is 20.8 Å². The molecule has 2 aromatic carbocycles. The molecule has 0 unspecified atom stereocenters. The van der Waals surface area contributed by atoms with Gasteiger partial charge in [0.2, 0.25) is 0 Å². The van der Waals surface area contributed by atoms with Gasteiger partial charge in [0, 0.05) is 6.07 Å². The first-order chi connectivity index (χ1) is 10.1. The van der Waals surface area contributed by atoms with Crippen LogP contribution in [0.4, 0.5) is 15.8 Å². The molecule has 0 spiro atoms. The van der Waals surface area contributed by atoms with Crippen molar-refractivity contribution in [3.63, 3.8) is 0 Å². The fourth-order valence-corrected chi connectivity index (χ4v) is 2.99. The van der Waals surface area contributed by atoms with Crippen molar-refractivity contribution in [1.82, 2.24) is 0 Å². The van der Waals surface area contributed by atoms with E-state index in [-0.39, 0.29) is 21.7 Å². The minimum Gasteiger partial charge on any atom is -0.396 e. The summed E-state index contributed by atoms with van der Waals surface area (Å²) in [5, 5.41) is 0. The van der Waals surface area contributed by atoms with E-state index in [1.165, 1.54) is 24.3 Å². The first kappa shape index (κ1) is 16.3. The summed E-state index contributed by atoms with van der Waals surface area (Å²) in [7, 11) is -3.76. The van der Waals surface area contributed by atoms with Gasteiger partial charge in [0.25, 0.3) is 10.0 Å². The Morgan fingerprint density at radius 2 is 1.64 bits per heavy atom. The molecule has 2 aromatic rings. The second kappa shape index (κ2) is 5.61. The third-order valence-electron chi connectivity index (χ3n) is 3.28. The Kier molecular flexibility index (Phi) is 4.15. The van der Waals surface area contributed by atoms with Gasteiger partial charge in [-0.15, -0.1) is 0 Å². The normalized spacial score (nSPS) is 12.2. The van der Waals surface area contributed by atoms with Gasteiger partial charge in [-0.05, 0) is 35.2 Å². The average Bonchev–Trinajstić information content (AvgIpc) is 2.42. The van der Waals surface area contributed by atoms with Gasteiger partial charge in [-0.1, -0.05) is 32.9 Å². The SMILES string of the molecule is CC(C)(C)c1ccc(S(=O)(=O)Nc2ccc(N)c(F)c2)cc1. The number of halogens is 1. The molecule has 0 aliphatic carbocycles. The number of benzene rings is 2. The summed E-state index contributed by atoms with van der Waals surface area (Å²) in [6.07, 6.45) is 0. The van der Waals surface area contributed by atoms with E-state index in [2.05, 4.69) is 4.72 Å². The second-order valence-electron chi connectivity index (χ2n) is 6.12. The summed E-state index contributed by atoms with van der Waals surface area (Å²) in [6, 6.07) is 10.4. The zero-order chi connectivity index (χ0) is 16.5. The largest absolute Gasteiger partial charge is 0.396 e. The molecule has 0 saturated heterocycles. The van der Waals surface area contributed by atoms with Crippen LogP contribution in [0.2, 0.25) is 0 Å². The van der Waals surface area contributed by atoms with Gasteiger partial charge < -0.3 is 5.73 Å². The zero-order valence-electron chi connectivity index (χ0n) is 12.7. The van der Waals surface area contributed by atoms with Crippen LogP contribution in [0.5, 0.6) is 0 Å². The minimum absolute atomic E-state index is 0.0301. The highest BCUT2D eigenvalue weighted by atomic mass is 32.2.